The number of nitrogens with two attached hydrogens (primary N) is 1. The van der Waals surface area contributed by atoms with Crippen LogP contribution < -0.4 is 11.1 Å². The van der Waals surface area contributed by atoms with Gasteiger partial charge in [-0.15, -0.1) is 0 Å². The minimum Gasteiger partial charge on any atom is -0.480 e. The van der Waals surface area contributed by atoms with Crippen LogP contribution in [0.2, 0.25) is 5.02 Å². The van der Waals surface area contributed by atoms with E-state index >= 15 is 0 Å². The van der Waals surface area contributed by atoms with Crippen molar-refractivity contribution in [2.24, 2.45) is 5.73 Å². The number of nitrogens with one attached hydrogen (secondary N) is 1. The molecule has 0 aliphatic rings. The summed E-state index contributed by atoms with van der Waals surface area (Å²) in [7, 11) is 0. The summed E-state index contributed by atoms with van der Waals surface area (Å²) in [5, 5.41) is 12.0. The number of anilines is 1. The lowest BCUT2D eigenvalue weighted by Gasteiger charge is -2.16. The molecule has 1 rings (SSSR count). The van der Waals surface area contributed by atoms with Gasteiger partial charge in [-0.3, -0.25) is 4.79 Å². The number of carbonyl (C=O) groups excluding carboxylic acids is 1. The average molecular weight is 257 g/mol. The van der Waals surface area contributed by atoms with Crippen LogP contribution >= 0.6 is 11.6 Å². The smallest absolute Gasteiger partial charge is 0.326 e. The fourth-order valence-corrected chi connectivity index (χ4v) is 1.54. The first-order valence-electron chi connectivity index (χ1n) is 5.04. The largest absolute Gasteiger partial charge is 0.480 e. The number of primary amides is 1. The van der Waals surface area contributed by atoms with Gasteiger partial charge in [-0.1, -0.05) is 18.5 Å². The van der Waals surface area contributed by atoms with Crippen LogP contribution in [0.15, 0.2) is 18.2 Å². The van der Waals surface area contributed by atoms with Crippen LogP contribution in [0.5, 0.6) is 0 Å². The second kappa shape index (κ2) is 5.54. The van der Waals surface area contributed by atoms with E-state index in [1.54, 1.807) is 13.0 Å². The average Bonchev–Trinajstić information content (AvgIpc) is 2.26. The molecular weight excluding hydrogens is 244 g/mol. The van der Waals surface area contributed by atoms with Gasteiger partial charge in [0.1, 0.15) is 6.04 Å². The van der Waals surface area contributed by atoms with Gasteiger partial charge < -0.3 is 16.2 Å². The number of carbonyl (C=O) groups is 2. The molecule has 0 aromatic heterocycles. The van der Waals surface area contributed by atoms with Crippen molar-refractivity contribution in [1.29, 1.82) is 0 Å². The van der Waals surface area contributed by atoms with Crippen molar-refractivity contribution in [2.75, 3.05) is 5.32 Å². The van der Waals surface area contributed by atoms with Crippen molar-refractivity contribution in [1.82, 2.24) is 0 Å². The van der Waals surface area contributed by atoms with Crippen LogP contribution in [0.1, 0.15) is 23.7 Å². The maximum atomic E-state index is 11.2. The number of carboxylic acid groups (broad SMARTS) is 1. The quantitative estimate of drug-likeness (QED) is 0.748. The van der Waals surface area contributed by atoms with Gasteiger partial charge in [0, 0.05) is 10.7 Å². The van der Waals surface area contributed by atoms with E-state index in [9.17, 15) is 9.59 Å². The molecule has 1 unspecified atom stereocenters. The maximum absolute atomic E-state index is 11.2. The minimum absolute atomic E-state index is 0.178. The predicted molar refractivity (Wildman–Crippen MR) is 65.3 cm³/mol. The molecule has 1 aromatic carbocycles. The molecule has 0 saturated heterocycles. The van der Waals surface area contributed by atoms with Gasteiger partial charge in [0.05, 0.1) is 5.56 Å². The Balaban J connectivity index is 3.05. The molecule has 0 radical (unpaired) electrons. The van der Waals surface area contributed by atoms with Crippen LogP contribution in [-0.4, -0.2) is 23.0 Å². The zero-order chi connectivity index (χ0) is 13.0. The molecule has 1 atom stereocenters. The highest BCUT2D eigenvalue weighted by atomic mass is 35.5. The van der Waals surface area contributed by atoms with Crippen molar-refractivity contribution >= 4 is 29.2 Å². The fourth-order valence-electron chi connectivity index (χ4n) is 1.37. The summed E-state index contributed by atoms with van der Waals surface area (Å²) in [5.74, 6) is -1.65. The number of hydrogen-bond acceptors (Lipinski definition) is 3. The molecule has 0 spiro atoms. The van der Waals surface area contributed by atoms with E-state index in [-0.39, 0.29) is 5.56 Å². The lowest BCUT2D eigenvalue weighted by atomic mass is 10.1. The molecule has 0 heterocycles. The van der Waals surface area contributed by atoms with Gasteiger partial charge in [-0.2, -0.15) is 0 Å². The van der Waals surface area contributed by atoms with Crippen LogP contribution in [0.4, 0.5) is 5.69 Å². The highest BCUT2D eigenvalue weighted by Gasteiger charge is 2.17. The molecule has 0 fully saturated rings. The Morgan fingerprint density at radius 2 is 2.18 bits per heavy atom. The number of carboxylic acids is 1. The lowest BCUT2D eigenvalue weighted by Crippen LogP contribution is -2.29. The summed E-state index contributed by atoms with van der Waals surface area (Å²) < 4.78 is 0. The highest BCUT2D eigenvalue weighted by Crippen LogP contribution is 2.21. The molecule has 1 aromatic rings. The SMILES string of the molecule is CCC(Nc1ccc(Cl)cc1C(N)=O)C(=O)O. The van der Waals surface area contributed by atoms with Crippen molar-refractivity contribution in [3.63, 3.8) is 0 Å². The molecule has 4 N–H and O–H groups in total. The third-order valence-electron chi connectivity index (χ3n) is 2.28. The Morgan fingerprint density at radius 3 is 2.65 bits per heavy atom. The summed E-state index contributed by atoms with van der Waals surface area (Å²) in [6.07, 6.45) is 0.385. The zero-order valence-corrected chi connectivity index (χ0v) is 9.99. The number of benzene rings is 1. The highest BCUT2D eigenvalue weighted by molar-refractivity contribution is 6.31. The van der Waals surface area contributed by atoms with Crippen LogP contribution in [-0.2, 0) is 4.79 Å². The van der Waals surface area contributed by atoms with Gasteiger partial charge in [-0.05, 0) is 24.6 Å². The molecule has 6 heteroatoms. The van der Waals surface area contributed by atoms with Crippen LogP contribution in [0.25, 0.3) is 0 Å². The first-order valence-corrected chi connectivity index (χ1v) is 5.42. The first kappa shape index (κ1) is 13.3. The van der Waals surface area contributed by atoms with Crippen molar-refractivity contribution in [2.45, 2.75) is 19.4 Å². The van der Waals surface area contributed by atoms with Crippen molar-refractivity contribution < 1.29 is 14.7 Å². The maximum Gasteiger partial charge on any atom is 0.326 e. The van der Waals surface area contributed by atoms with E-state index in [0.717, 1.165) is 0 Å². The number of amides is 1. The van der Waals surface area contributed by atoms with E-state index in [2.05, 4.69) is 5.32 Å². The summed E-state index contributed by atoms with van der Waals surface area (Å²) in [5.41, 5.74) is 5.74. The number of halogens is 1. The predicted octanol–water partition coefficient (Wildman–Crippen LogP) is 1.71. The molecule has 1 amide bonds. The normalized spacial score (nSPS) is 11.9. The Kier molecular flexibility index (Phi) is 4.34. The molecule has 0 saturated carbocycles. The summed E-state index contributed by atoms with van der Waals surface area (Å²) in [6, 6.07) is 3.73. The van der Waals surface area contributed by atoms with E-state index in [4.69, 9.17) is 22.4 Å². The third-order valence-corrected chi connectivity index (χ3v) is 2.52. The van der Waals surface area contributed by atoms with Crippen LogP contribution in [0, 0.1) is 0 Å². The third kappa shape index (κ3) is 3.35. The van der Waals surface area contributed by atoms with Crippen LogP contribution in [0.3, 0.4) is 0 Å². The van der Waals surface area contributed by atoms with Gasteiger partial charge in [0.25, 0.3) is 5.91 Å². The summed E-state index contributed by atoms with van der Waals surface area (Å²) in [4.78, 5) is 22.1. The van der Waals surface area contributed by atoms with Crippen molar-refractivity contribution in [3.8, 4) is 0 Å². The topological polar surface area (TPSA) is 92.4 Å². The van der Waals surface area contributed by atoms with Gasteiger partial charge in [0.2, 0.25) is 0 Å². The van der Waals surface area contributed by atoms with E-state index < -0.39 is 17.9 Å². The zero-order valence-electron chi connectivity index (χ0n) is 9.24. The van der Waals surface area contributed by atoms with Gasteiger partial charge in [-0.25, -0.2) is 4.79 Å². The van der Waals surface area contributed by atoms with Gasteiger partial charge >= 0.3 is 5.97 Å². The molecular formula is C11H13ClN2O3. The Morgan fingerprint density at radius 1 is 1.53 bits per heavy atom. The first-order chi connectivity index (χ1) is 7.95. The number of aliphatic carboxylic acids is 1. The lowest BCUT2D eigenvalue weighted by molar-refractivity contribution is -0.137. The van der Waals surface area contributed by atoms with Gasteiger partial charge in [0.15, 0.2) is 0 Å². The molecule has 0 aliphatic carbocycles. The molecule has 92 valence electrons. The second-order valence-electron chi connectivity index (χ2n) is 3.50. The Hall–Kier alpha value is -1.75. The second-order valence-corrected chi connectivity index (χ2v) is 3.93. The molecule has 0 aliphatic heterocycles. The number of rotatable bonds is 5. The van der Waals surface area contributed by atoms with E-state index in [1.165, 1.54) is 12.1 Å². The molecule has 0 bridgehead atoms. The summed E-state index contributed by atoms with van der Waals surface area (Å²) in [6.45, 7) is 1.73. The molecule has 17 heavy (non-hydrogen) atoms. The minimum atomic E-state index is -0.988. The fraction of sp³-hybridized carbons (Fsp3) is 0.273. The Labute approximate surface area is 104 Å². The Bertz CT molecular complexity index is 448. The molecule has 5 nitrogen and oxygen atoms in total. The summed E-state index contributed by atoms with van der Waals surface area (Å²) >= 11 is 5.74. The van der Waals surface area contributed by atoms with E-state index in [0.29, 0.717) is 17.1 Å². The monoisotopic (exact) mass is 256 g/mol. The standard InChI is InChI=1S/C11H13ClN2O3/c1-2-8(11(16)17)14-9-4-3-6(12)5-7(9)10(13)15/h3-5,8,14H,2H2,1H3,(H2,13,15)(H,16,17). The van der Waals surface area contributed by atoms with Crippen molar-refractivity contribution in [3.05, 3.63) is 28.8 Å². The van der Waals surface area contributed by atoms with E-state index in [1.807, 2.05) is 0 Å². The number of hydrogen-bond donors (Lipinski definition) is 3.